The first-order valence-electron chi connectivity index (χ1n) is 9.88. The first-order valence-corrected chi connectivity index (χ1v) is 10.3. The number of ketones is 1. The van der Waals surface area contributed by atoms with Crippen LogP contribution in [-0.2, 0) is 31.1 Å². The van der Waals surface area contributed by atoms with Gasteiger partial charge in [0.15, 0.2) is 5.78 Å². The lowest BCUT2D eigenvalue weighted by Gasteiger charge is -2.36. The van der Waals surface area contributed by atoms with Gasteiger partial charge >= 0.3 is 0 Å². The topological polar surface area (TPSA) is 55.8 Å². The Morgan fingerprint density at radius 3 is 1.48 bits per heavy atom. The monoisotopic (exact) mass is 434 g/mol. The van der Waals surface area contributed by atoms with Gasteiger partial charge in [0.1, 0.15) is 16.8 Å². The molecule has 0 bridgehead atoms. The van der Waals surface area contributed by atoms with E-state index in [0.717, 1.165) is 11.1 Å². The Hall–Kier alpha value is -2.76. The fourth-order valence-corrected chi connectivity index (χ4v) is 4.06. The molecule has 0 fully saturated rings. The minimum Gasteiger partial charge on any atom is -0.377 e. The SMILES string of the molecule is COC1(c2ccc(Cl)cc2)C=CC(OC)(c2ccc(C3(O)C=CC(=O)C=C3)cc2)C=C1. The normalized spacial score (nSPS) is 26.4. The summed E-state index contributed by atoms with van der Waals surface area (Å²) in [6.45, 7) is 0. The number of allylic oxidation sites excluding steroid dienone is 2. The Labute approximate surface area is 186 Å². The van der Waals surface area contributed by atoms with E-state index in [9.17, 15) is 9.90 Å². The second-order valence-corrected chi connectivity index (χ2v) is 8.08. The van der Waals surface area contributed by atoms with Crippen LogP contribution >= 0.6 is 11.6 Å². The molecule has 0 heterocycles. The van der Waals surface area contributed by atoms with Gasteiger partial charge in [-0.05, 0) is 77.4 Å². The number of hydrogen-bond donors (Lipinski definition) is 1. The third-order valence-electron chi connectivity index (χ3n) is 5.93. The van der Waals surface area contributed by atoms with Gasteiger partial charge in [0.05, 0.1) is 0 Å². The summed E-state index contributed by atoms with van der Waals surface area (Å²) in [5, 5.41) is 11.5. The van der Waals surface area contributed by atoms with Crippen molar-refractivity contribution in [3.8, 4) is 0 Å². The zero-order valence-electron chi connectivity index (χ0n) is 17.3. The Balaban J connectivity index is 1.65. The zero-order chi connectivity index (χ0) is 22.1. The summed E-state index contributed by atoms with van der Waals surface area (Å²) in [6, 6.07) is 15.0. The average molecular weight is 435 g/mol. The third-order valence-corrected chi connectivity index (χ3v) is 6.18. The van der Waals surface area contributed by atoms with Crippen LogP contribution in [0, 0.1) is 0 Å². The number of ether oxygens (including phenoxy) is 2. The van der Waals surface area contributed by atoms with E-state index in [1.54, 1.807) is 14.2 Å². The molecule has 0 spiro atoms. The average Bonchev–Trinajstić information content (AvgIpc) is 2.82. The van der Waals surface area contributed by atoms with E-state index in [0.29, 0.717) is 10.6 Å². The molecule has 0 amide bonds. The Bertz CT molecular complexity index is 1060. The van der Waals surface area contributed by atoms with E-state index < -0.39 is 16.8 Å². The maximum absolute atomic E-state index is 11.4. The highest BCUT2D eigenvalue weighted by Crippen LogP contribution is 2.40. The molecule has 2 aliphatic rings. The molecule has 2 aromatic carbocycles. The van der Waals surface area contributed by atoms with Gasteiger partial charge < -0.3 is 14.6 Å². The Morgan fingerprint density at radius 1 is 0.677 bits per heavy atom. The molecule has 2 aliphatic carbocycles. The van der Waals surface area contributed by atoms with Crippen molar-refractivity contribution < 1.29 is 19.4 Å². The summed E-state index contributed by atoms with van der Waals surface area (Å²) in [6.07, 6.45) is 13.6. The van der Waals surface area contributed by atoms with Gasteiger partial charge in [-0.25, -0.2) is 0 Å². The lowest BCUT2D eigenvalue weighted by molar-refractivity contribution is -0.110. The predicted octanol–water partition coefficient (Wildman–Crippen LogP) is 4.73. The minimum atomic E-state index is -1.30. The number of halogens is 1. The summed E-state index contributed by atoms with van der Waals surface area (Å²) in [5.41, 5.74) is -0.269. The van der Waals surface area contributed by atoms with Crippen LogP contribution in [-0.4, -0.2) is 25.1 Å². The maximum atomic E-state index is 11.4. The first kappa shape index (κ1) is 21.5. The molecule has 31 heavy (non-hydrogen) atoms. The number of carbonyl (C=O) groups is 1. The molecule has 4 nitrogen and oxygen atoms in total. The van der Waals surface area contributed by atoms with Gasteiger partial charge in [0.25, 0.3) is 0 Å². The number of hydrogen-bond acceptors (Lipinski definition) is 4. The second kappa shape index (κ2) is 8.06. The first-order chi connectivity index (χ1) is 14.8. The number of methoxy groups -OCH3 is 2. The van der Waals surface area contributed by atoms with E-state index >= 15 is 0 Å². The molecule has 0 saturated heterocycles. The number of carbonyl (C=O) groups excluding carboxylic acids is 1. The van der Waals surface area contributed by atoms with Crippen molar-refractivity contribution in [2.45, 2.75) is 16.8 Å². The summed E-state index contributed by atoms with van der Waals surface area (Å²) >= 11 is 6.03. The van der Waals surface area contributed by atoms with Gasteiger partial charge in [-0.15, -0.1) is 0 Å². The summed E-state index contributed by atoms with van der Waals surface area (Å²) in [5.74, 6) is -0.139. The molecule has 5 heteroatoms. The van der Waals surface area contributed by atoms with Crippen LogP contribution in [0.5, 0.6) is 0 Å². The van der Waals surface area contributed by atoms with Gasteiger partial charge in [0.2, 0.25) is 0 Å². The van der Waals surface area contributed by atoms with Crippen LogP contribution in [0.25, 0.3) is 0 Å². The van der Waals surface area contributed by atoms with Crippen molar-refractivity contribution >= 4 is 17.4 Å². The van der Waals surface area contributed by atoms with Crippen molar-refractivity contribution in [1.29, 1.82) is 0 Å². The van der Waals surface area contributed by atoms with E-state index in [4.69, 9.17) is 21.1 Å². The molecule has 0 aromatic heterocycles. The molecule has 4 rings (SSSR count). The minimum absolute atomic E-state index is 0.139. The summed E-state index contributed by atoms with van der Waals surface area (Å²) < 4.78 is 11.7. The van der Waals surface area contributed by atoms with Crippen LogP contribution in [0.1, 0.15) is 16.7 Å². The second-order valence-electron chi connectivity index (χ2n) is 7.64. The maximum Gasteiger partial charge on any atom is 0.178 e. The highest BCUT2D eigenvalue weighted by Gasteiger charge is 2.37. The largest absolute Gasteiger partial charge is 0.377 e. The zero-order valence-corrected chi connectivity index (χ0v) is 18.0. The number of aliphatic hydroxyl groups is 1. The van der Waals surface area contributed by atoms with Crippen LogP contribution < -0.4 is 0 Å². The van der Waals surface area contributed by atoms with E-state index in [1.807, 2.05) is 72.8 Å². The molecule has 158 valence electrons. The van der Waals surface area contributed by atoms with E-state index in [2.05, 4.69) is 0 Å². The van der Waals surface area contributed by atoms with Crippen molar-refractivity contribution in [2.75, 3.05) is 14.2 Å². The molecule has 0 saturated carbocycles. The number of rotatable bonds is 5. The molecule has 1 N–H and O–H groups in total. The highest BCUT2D eigenvalue weighted by atomic mass is 35.5. The van der Waals surface area contributed by atoms with Crippen LogP contribution in [0.15, 0.2) is 97.1 Å². The molecular formula is C26H23ClO4. The lowest BCUT2D eigenvalue weighted by atomic mass is 9.80. The van der Waals surface area contributed by atoms with Crippen molar-refractivity contribution in [1.82, 2.24) is 0 Å². The van der Waals surface area contributed by atoms with Gasteiger partial charge in [-0.1, -0.05) is 48.0 Å². The third kappa shape index (κ3) is 3.84. The van der Waals surface area contributed by atoms with Gasteiger partial charge in [0, 0.05) is 19.2 Å². The number of benzene rings is 2. The smallest absolute Gasteiger partial charge is 0.178 e. The fourth-order valence-electron chi connectivity index (χ4n) is 3.93. The van der Waals surface area contributed by atoms with Crippen molar-refractivity contribution in [3.63, 3.8) is 0 Å². The van der Waals surface area contributed by atoms with E-state index in [-0.39, 0.29) is 5.78 Å². The van der Waals surface area contributed by atoms with E-state index in [1.165, 1.54) is 24.3 Å². The Morgan fingerprint density at radius 2 is 1.06 bits per heavy atom. The quantitative estimate of drug-likeness (QED) is 0.691. The fraction of sp³-hybridized carbons (Fsp3) is 0.192. The summed E-state index contributed by atoms with van der Waals surface area (Å²) in [4.78, 5) is 11.4. The van der Waals surface area contributed by atoms with Crippen LogP contribution in [0.3, 0.4) is 0 Å². The molecular weight excluding hydrogens is 412 g/mol. The Kier molecular flexibility index (Phi) is 5.58. The van der Waals surface area contributed by atoms with Crippen LogP contribution in [0.4, 0.5) is 0 Å². The summed E-state index contributed by atoms with van der Waals surface area (Å²) in [7, 11) is 3.31. The standard InChI is InChI=1S/C26H23ClO4/c1-30-25(15-17-26(31-2,18-16-25)21-7-9-22(27)10-8-21)20-5-3-19(4-6-20)24(29)13-11-23(28)12-14-24/h3-18,29H,1-2H3. The highest BCUT2D eigenvalue weighted by molar-refractivity contribution is 6.30. The van der Waals surface area contributed by atoms with Gasteiger partial charge in [-0.2, -0.15) is 0 Å². The molecule has 0 aliphatic heterocycles. The van der Waals surface area contributed by atoms with Gasteiger partial charge in [-0.3, -0.25) is 4.79 Å². The predicted molar refractivity (Wildman–Crippen MR) is 121 cm³/mol. The molecule has 2 aromatic rings. The molecule has 0 unspecified atom stereocenters. The molecule has 0 atom stereocenters. The molecule has 0 radical (unpaired) electrons. The lowest BCUT2D eigenvalue weighted by Crippen LogP contribution is -2.33. The van der Waals surface area contributed by atoms with Crippen molar-refractivity contribution in [3.05, 3.63) is 119 Å². The van der Waals surface area contributed by atoms with Crippen molar-refractivity contribution in [2.24, 2.45) is 0 Å². The van der Waals surface area contributed by atoms with Crippen LogP contribution in [0.2, 0.25) is 5.02 Å².